The van der Waals surface area contributed by atoms with Crippen molar-refractivity contribution in [3.8, 4) is 0 Å². The summed E-state index contributed by atoms with van der Waals surface area (Å²) in [5.41, 5.74) is 4.99. The van der Waals surface area contributed by atoms with Crippen molar-refractivity contribution in [3.05, 3.63) is 23.2 Å². The second-order valence-corrected chi connectivity index (χ2v) is 7.44. The zero-order valence-corrected chi connectivity index (χ0v) is 12.7. The van der Waals surface area contributed by atoms with Crippen LogP contribution in [0.3, 0.4) is 0 Å². The van der Waals surface area contributed by atoms with E-state index < -0.39 is 15.6 Å². The molecular formula is C13H19ClN2O3S. The van der Waals surface area contributed by atoms with Crippen LogP contribution in [0.2, 0.25) is 5.02 Å². The number of nitrogens with two attached hydrogens (primary N) is 1. The van der Waals surface area contributed by atoms with Crippen molar-refractivity contribution in [2.24, 2.45) is 0 Å². The first-order valence-corrected chi connectivity index (χ1v) is 8.46. The van der Waals surface area contributed by atoms with Gasteiger partial charge >= 0.3 is 0 Å². The molecule has 1 aromatic rings. The lowest BCUT2D eigenvalue weighted by Crippen LogP contribution is -2.44. The molecule has 4 N–H and O–H groups in total. The number of hydrogen-bond acceptors (Lipinski definition) is 4. The van der Waals surface area contributed by atoms with Gasteiger partial charge in [-0.1, -0.05) is 30.9 Å². The Labute approximate surface area is 124 Å². The van der Waals surface area contributed by atoms with E-state index in [1.54, 1.807) is 0 Å². The van der Waals surface area contributed by atoms with Gasteiger partial charge in [0.15, 0.2) is 0 Å². The quantitative estimate of drug-likeness (QED) is 0.739. The van der Waals surface area contributed by atoms with Gasteiger partial charge in [-0.25, -0.2) is 13.1 Å². The number of aliphatic hydroxyl groups is 1. The molecule has 7 heteroatoms. The molecule has 0 aliphatic heterocycles. The molecule has 1 saturated carbocycles. The van der Waals surface area contributed by atoms with Crippen molar-refractivity contribution in [1.82, 2.24) is 4.72 Å². The third-order valence-corrected chi connectivity index (χ3v) is 5.51. The summed E-state index contributed by atoms with van der Waals surface area (Å²) < 4.78 is 26.8. The fourth-order valence-corrected chi connectivity index (χ4v) is 4.10. The minimum Gasteiger partial charge on any atom is -0.399 e. The molecule has 0 radical (unpaired) electrons. The van der Waals surface area contributed by atoms with Crippen LogP contribution >= 0.6 is 11.6 Å². The molecule has 0 unspecified atom stereocenters. The molecule has 0 bridgehead atoms. The van der Waals surface area contributed by atoms with E-state index in [9.17, 15) is 13.5 Å². The smallest absolute Gasteiger partial charge is 0.242 e. The predicted molar refractivity (Wildman–Crippen MR) is 79.1 cm³/mol. The van der Waals surface area contributed by atoms with E-state index in [0.717, 1.165) is 19.3 Å². The Morgan fingerprint density at radius 2 is 1.95 bits per heavy atom. The normalized spacial score (nSPS) is 18.9. The molecule has 0 aromatic heterocycles. The zero-order chi connectivity index (χ0) is 14.8. The lowest BCUT2D eigenvalue weighted by molar-refractivity contribution is 0.00945. The monoisotopic (exact) mass is 318 g/mol. The molecule has 20 heavy (non-hydrogen) atoms. The molecule has 0 spiro atoms. The average molecular weight is 319 g/mol. The van der Waals surface area contributed by atoms with Crippen molar-refractivity contribution in [1.29, 1.82) is 0 Å². The van der Waals surface area contributed by atoms with Crippen LogP contribution in [-0.2, 0) is 10.0 Å². The third kappa shape index (κ3) is 3.63. The van der Waals surface area contributed by atoms with Gasteiger partial charge in [-0.3, -0.25) is 0 Å². The fourth-order valence-electron chi connectivity index (χ4n) is 2.43. The molecule has 0 saturated heterocycles. The van der Waals surface area contributed by atoms with Crippen LogP contribution in [0.25, 0.3) is 0 Å². The van der Waals surface area contributed by atoms with Crippen LogP contribution in [-0.4, -0.2) is 25.7 Å². The molecule has 1 aromatic carbocycles. The number of nitrogen functional groups attached to an aromatic ring is 1. The summed E-state index contributed by atoms with van der Waals surface area (Å²) in [5, 5.41) is 10.4. The second-order valence-electron chi connectivity index (χ2n) is 5.30. The van der Waals surface area contributed by atoms with Crippen LogP contribution in [0.5, 0.6) is 0 Å². The van der Waals surface area contributed by atoms with Crippen LogP contribution in [0.1, 0.15) is 32.1 Å². The standard InChI is InChI=1S/C13H19ClN2O3S/c14-11-8-10(15)4-5-12(11)20(18,19)16-9-13(17)6-2-1-3-7-13/h4-5,8,16-17H,1-3,6-7,9,15H2. The Hall–Kier alpha value is -0.820. The Morgan fingerprint density at radius 3 is 2.55 bits per heavy atom. The van der Waals surface area contributed by atoms with Gasteiger partial charge in [-0.2, -0.15) is 0 Å². The van der Waals surface area contributed by atoms with Gasteiger partial charge in [0.2, 0.25) is 10.0 Å². The summed E-state index contributed by atoms with van der Waals surface area (Å²) in [7, 11) is -3.74. The first kappa shape index (κ1) is 15.6. The van der Waals surface area contributed by atoms with Gasteiger partial charge in [0.1, 0.15) is 4.90 Å². The Morgan fingerprint density at radius 1 is 1.30 bits per heavy atom. The van der Waals surface area contributed by atoms with Crippen LogP contribution < -0.4 is 10.5 Å². The van der Waals surface area contributed by atoms with Crippen LogP contribution in [0.15, 0.2) is 23.1 Å². The van der Waals surface area contributed by atoms with Crippen LogP contribution in [0.4, 0.5) is 5.69 Å². The fraction of sp³-hybridized carbons (Fsp3) is 0.538. The maximum Gasteiger partial charge on any atom is 0.242 e. The minimum atomic E-state index is -3.74. The predicted octanol–water partition coefficient (Wildman–Crippen LogP) is 1.90. The van der Waals surface area contributed by atoms with Gasteiger partial charge < -0.3 is 10.8 Å². The molecule has 0 heterocycles. The zero-order valence-electron chi connectivity index (χ0n) is 11.1. The summed E-state index contributed by atoms with van der Waals surface area (Å²) in [4.78, 5) is -0.0206. The SMILES string of the molecule is Nc1ccc(S(=O)(=O)NCC2(O)CCCCC2)c(Cl)c1. The Kier molecular flexibility index (Phi) is 4.59. The van der Waals surface area contributed by atoms with Gasteiger partial charge in [-0.05, 0) is 31.0 Å². The molecule has 0 amide bonds. The number of nitrogens with one attached hydrogen (secondary N) is 1. The van der Waals surface area contributed by atoms with E-state index in [0.29, 0.717) is 18.5 Å². The summed E-state index contributed by atoms with van der Waals surface area (Å²) in [6, 6.07) is 4.24. The van der Waals surface area contributed by atoms with Gasteiger partial charge in [0.25, 0.3) is 0 Å². The Balaban J connectivity index is 2.11. The van der Waals surface area contributed by atoms with E-state index in [1.807, 2.05) is 0 Å². The molecule has 0 atom stereocenters. The summed E-state index contributed by atoms with van der Waals surface area (Å²) in [6.07, 6.45) is 4.15. The highest BCUT2D eigenvalue weighted by molar-refractivity contribution is 7.89. The van der Waals surface area contributed by atoms with Crippen molar-refractivity contribution < 1.29 is 13.5 Å². The van der Waals surface area contributed by atoms with Gasteiger partial charge in [0, 0.05) is 12.2 Å². The van der Waals surface area contributed by atoms with Crippen LogP contribution in [0, 0.1) is 0 Å². The summed E-state index contributed by atoms with van der Waals surface area (Å²) in [6.45, 7) is 0.00996. The minimum absolute atomic E-state index is 0.00996. The van der Waals surface area contributed by atoms with E-state index in [-0.39, 0.29) is 16.5 Å². The van der Waals surface area contributed by atoms with Crippen molar-refractivity contribution >= 4 is 27.3 Å². The molecule has 1 fully saturated rings. The van der Waals surface area contributed by atoms with E-state index in [1.165, 1.54) is 18.2 Å². The maximum atomic E-state index is 12.2. The first-order chi connectivity index (χ1) is 9.32. The molecule has 2 rings (SSSR count). The van der Waals surface area contributed by atoms with Crippen molar-refractivity contribution in [3.63, 3.8) is 0 Å². The highest BCUT2D eigenvalue weighted by atomic mass is 35.5. The van der Waals surface area contributed by atoms with Crippen molar-refractivity contribution in [2.75, 3.05) is 12.3 Å². The molecular weight excluding hydrogens is 300 g/mol. The van der Waals surface area contributed by atoms with E-state index >= 15 is 0 Å². The molecule has 5 nitrogen and oxygen atoms in total. The highest BCUT2D eigenvalue weighted by Crippen LogP contribution is 2.28. The molecule has 1 aliphatic rings. The summed E-state index contributed by atoms with van der Waals surface area (Å²) in [5.74, 6) is 0. The molecule has 112 valence electrons. The largest absolute Gasteiger partial charge is 0.399 e. The van der Waals surface area contributed by atoms with Gasteiger partial charge in [-0.15, -0.1) is 0 Å². The van der Waals surface area contributed by atoms with Crippen molar-refractivity contribution in [2.45, 2.75) is 42.6 Å². The van der Waals surface area contributed by atoms with E-state index in [2.05, 4.69) is 4.72 Å². The highest BCUT2D eigenvalue weighted by Gasteiger charge is 2.31. The topological polar surface area (TPSA) is 92.4 Å². The first-order valence-electron chi connectivity index (χ1n) is 6.60. The lowest BCUT2D eigenvalue weighted by Gasteiger charge is -2.32. The average Bonchev–Trinajstić information content (AvgIpc) is 2.37. The maximum absolute atomic E-state index is 12.2. The number of benzene rings is 1. The van der Waals surface area contributed by atoms with Gasteiger partial charge in [0.05, 0.1) is 10.6 Å². The molecule has 1 aliphatic carbocycles. The van der Waals surface area contributed by atoms with E-state index in [4.69, 9.17) is 17.3 Å². The number of anilines is 1. The number of halogens is 1. The third-order valence-electron chi connectivity index (χ3n) is 3.62. The number of sulfonamides is 1. The number of hydrogen-bond donors (Lipinski definition) is 3. The Bertz CT molecular complexity index is 583. The lowest BCUT2D eigenvalue weighted by atomic mass is 9.85. The number of rotatable bonds is 4. The second kappa shape index (κ2) is 5.89. The summed E-state index contributed by atoms with van der Waals surface area (Å²) >= 11 is 5.91.